The summed E-state index contributed by atoms with van der Waals surface area (Å²) < 4.78 is 10.7. The van der Waals surface area contributed by atoms with Gasteiger partial charge in [0.25, 0.3) is 5.91 Å². The number of nitrogens with two attached hydrogens (primary N) is 1. The van der Waals surface area contributed by atoms with Gasteiger partial charge in [0, 0.05) is 25.0 Å². The monoisotopic (exact) mass is 326 g/mol. The van der Waals surface area contributed by atoms with Crippen molar-refractivity contribution < 1.29 is 14.3 Å². The summed E-state index contributed by atoms with van der Waals surface area (Å²) in [4.78, 5) is 14.7. The van der Waals surface area contributed by atoms with Crippen LogP contribution in [-0.4, -0.2) is 44.2 Å². The van der Waals surface area contributed by atoms with Gasteiger partial charge in [-0.05, 0) is 17.7 Å². The van der Waals surface area contributed by atoms with E-state index in [4.69, 9.17) is 15.2 Å². The van der Waals surface area contributed by atoms with E-state index in [0.29, 0.717) is 30.2 Å². The zero-order valence-corrected chi connectivity index (χ0v) is 13.9. The largest absolute Gasteiger partial charge is 0.493 e. The number of para-hydroxylation sites is 1. The van der Waals surface area contributed by atoms with E-state index in [1.165, 1.54) is 7.11 Å². The molecule has 0 aliphatic carbocycles. The Kier molecular flexibility index (Phi) is 4.71. The van der Waals surface area contributed by atoms with E-state index in [1.54, 1.807) is 30.2 Å². The lowest BCUT2D eigenvalue weighted by molar-refractivity contribution is 0.0785. The van der Waals surface area contributed by atoms with Crippen LogP contribution in [0.3, 0.4) is 0 Å². The Hall–Kier alpha value is -2.53. The Bertz CT molecular complexity index is 718. The first kappa shape index (κ1) is 16.3. The number of ether oxygens (including phenoxy) is 2. The second-order valence-electron chi connectivity index (χ2n) is 5.93. The summed E-state index contributed by atoms with van der Waals surface area (Å²) in [6.45, 7) is 1.13. The van der Waals surface area contributed by atoms with E-state index in [9.17, 15) is 4.79 Å². The second kappa shape index (κ2) is 6.93. The summed E-state index contributed by atoms with van der Waals surface area (Å²) >= 11 is 0. The molecule has 2 atom stereocenters. The summed E-state index contributed by atoms with van der Waals surface area (Å²) in [5.74, 6) is 1.07. The molecular weight excluding hydrogens is 304 g/mol. The SMILES string of the molecule is COc1cccc(C(=O)N2C[C@@H](N)[C@H](c3ccccc3)C2)c1OC. The van der Waals surface area contributed by atoms with Crippen LogP contribution in [0.1, 0.15) is 21.8 Å². The smallest absolute Gasteiger partial charge is 0.257 e. The van der Waals surface area contributed by atoms with Gasteiger partial charge in [-0.25, -0.2) is 0 Å². The molecule has 24 heavy (non-hydrogen) atoms. The van der Waals surface area contributed by atoms with E-state index < -0.39 is 0 Å². The molecule has 1 saturated heterocycles. The van der Waals surface area contributed by atoms with Crippen molar-refractivity contribution in [3.63, 3.8) is 0 Å². The minimum atomic E-state index is -0.0837. The molecule has 0 aromatic heterocycles. The minimum absolute atomic E-state index is 0.0760. The number of hydrogen-bond acceptors (Lipinski definition) is 4. The summed E-state index contributed by atoms with van der Waals surface area (Å²) in [7, 11) is 3.10. The zero-order chi connectivity index (χ0) is 17.1. The summed E-state index contributed by atoms with van der Waals surface area (Å²) in [5, 5.41) is 0. The van der Waals surface area contributed by atoms with Crippen LogP contribution in [0.4, 0.5) is 0 Å². The molecule has 1 aliphatic rings. The minimum Gasteiger partial charge on any atom is -0.493 e. The molecule has 1 aliphatic heterocycles. The molecule has 2 aromatic carbocycles. The lowest BCUT2D eigenvalue weighted by Gasteiger charge is -2.19. The fourth-order valence-electron chi connectivity index (χ4n) is 3.27. The molecule has 0 unspecified atom stereocenters. The van der Waals surface area contributed by atoms with Gasteiger partial charge in [-0.1, -0.05) is 36.4 Å². The molecule has 2 N–H and O–H groups in total. The first-order chi connectivity index (χ1) is 11.7. The maximum Gasteiger partial charge on any atom is 0.257 e. The number of benzene rings is 2. The van der Waals surface area contributed by atoms with Gasteiger partial charge in [0.05, 0.1) is 19.8 Å². The fraction of sp³-hybridized carbons (Fsp3) is 0.316. The van der Waals surface area contributed by atoms with Crippen LogP contribution in [0.25, 0.3) is 0 Å². The molecule has 1 amide bonds. The maximum atomic E-state index is 13.0. The molecule has 5 nitrogen and oxygen atoms in total. The van der Waals surface area contributed by atoms with E-state index in [1.807, 2.05) is 18.2 Å². The molecule has 0 spiro atoms. The number of likely N-dealkylation sites (tertiary alicyclic amines) is 1. The first-order valence-corrected chi connectivity index (χ1v) is 7.96. The van der Waals surface area contributed by atoms with Gasteiger partial charge in [-0.2, -0.15) is 0 Å². The highest BCUT2D eigenvalue weighted by Crippen LogP contribution is 2.33. The summed E-state index contributed by atoms with van der Waals surface area (Å²) in [5.41, 5.74) is 7.96. The van der Waals surface area contributed by atoms with Crippen LogP contribution in [0, 0.1) is 0 Å². The third kappa shape index (κ3) is 2.95. The lowest BCUT2D eigenvalue weighted by Crippen LogP contribution is -2.32. The van der Waals surface area contributed by atoms with Crippen LogP contribution in [0.2, 0.25) is 0 Å². The Balaban J connectivity index is 1.85. The fourth-order valence-corrected chi connectivity index (χ4v) is 3.27. The number of carbonyl (C=O) groups is 1. The predicted octanol–water partition coefficient (Wildman–Crippen LogP) is 2.27. The number of nitrogens with zero attached hydrogens (tertiary/aromatic N) is 1. The predicted molar refractivity (Wildman–Crippen MR) is 92.6 cm³/mol. The number of carbonyl (C=O) groups excluding carboxylic acids is 1. The van der Waals surface area contributed by atoms with E-state index in [-0.39, 0.29) is 17.9 Å². The summed E-state index contributed by atoms with van der Waals surface area (Å²) in [6, 6.07) is 15.3. The molecule has 1 fully saturated rings. The van der Waals surface area contributed by atoms with Gasteiger partial charge in [0.2, 0.25) is 0 Å². The van der Waals surface area contributed by atoms with Crippen molar-refractivity contribution in [1.29, 1.82) is 0 Å². The normalized spacial score (nSPS) is 20.0. The van der Waals surface area contributed by atoms with Crippen molar-refractivity contribution in [2.45, 2.75) is 12.0 Å². The van der Waals surface area contributed by atoms with Gasteiger partial charge in [-0.3, -0.25) is 4.79 Å². The summed E-state index contributed by atoms with van der Waals surface area (Å²) in [6.07, 6.45) is 0. The van der Waals surface area contributed by atoms with Crippen molar-refractivity contribution in [3.8, 4) is 11.5 Å². The molecule has 126 valence electrons. The standard InChI is InChI=1S/C19H22N2O3/c1-23-17-10-6-9-14(18(17)24-2)19(22)21-11-15(16(20)12-21)13-7-4-3-5-8-13/h3-10,15-16H,11-12,20H2,1-2H3/t15-,16+/m0/s1. The van der Waals surface area contributed by atoms with Crippen LogP contribution in [-0.2, 0) is 0 Å². The average molecular weight is 326 g/mol. The van der Waals surface area contributed by atoms with Gasteiger partial charge in [-0.15, -0.1) is 0 Å². The second-order valence-corrected chi connectivity index (χ2v) is 5.93. The Morgan fingerprint density at radius 2 is 1.79 bits per heavy atom. The van der Waals surface area contributed by atoms with Crippen LogP contribution in [0.5, 0.6) is 11.5 Å². The van der Waals surface area contributed by atoms with E-state index in [2.05, 4.69) is 12.1 Å². The molecule has 1 heterocycles. The Morgan fingerprint density at radius 1 is 1.04 bits per heavy atom. The van der Waals surface area contributed by atoms with Crippen molar-refractivity contribution >= 4 is 5.91 Å². The van der Waals surface area contributed by atoms with Gasteiger partial charge < -0.3 is 20.1 Å². The van der Waals surface area contributed by atoms with Crippen molar-refractivity contribution in [1.82, 2.24) is 4.90 Å². The van der Waals surface area contributed by atoms with E-state index in [0.717, 1.165) is 5.56 Å². The molecule has 2 aromatic rings. The van der Waals surface area contributed by atoms with Gasteiger partial charge >= 0.3 is 0 Å². The Labute approximate surface area is 142 Å². The topological polar surface area (TPSA) is 64.8 Å². The molecule has 0 saturated carbocycles. The quantitative estimate of drug-likeness (QED) is 0.936. The number of methoxy groups -OCH3 is 2. The molecular formula is C19H22N2O3. The van der Waals surface area contributed by atoms with Gasteiger partial charge in [0.1, 0.15) is 0 Å². The molecule has 0 bridgehead atoms. The van der Waals surface area contributed by atoms with Crippen molar-refractivity contribution in [3.05, 3.63) is 59.7 Å². The highest BCUT2D eigenvalue weighted by Gasteiger charge is 2.35. The van der Waals surface area contributed by atoms with Crippen molar-refractivity contribution in [2.24, 2.45) is 5.73 Å². The lowest BCUT2D eigenvalue weighted by atomic mass is 9.95. The number of hydrogen-bond donors (Lipinski definition) is 1. The van der Waals surface area contributed by atoms with E-state index >= 15 is 0 Å². The average Bonchev–Trinajstić information content (AvgIpc) is 3.02. The molecule has 0 radical (unpaired) electrons. The molecule has 5 heteroatoms. The highest BCUT2D eigenvalue weighted by atomic mass is 16.5. The Morgan fingerprint density at radius 3 is 2.46 bits per heavy atom. The third-order valence-electron chi connectivity index (χ3n) is 4.51. The van der Waals surface area contributed by atoms with Crippen LogP contribution in [0.15, 0.2) is 48.5 Å². The van der Waals surface area contributed by atoms with Gasteiger partial charge in [0.15, 0.2) is 11.5 Å². The number of amides is 1. The maximum absolute atomic E-state index is 13.0. The molecule has 3 rings (SSSR count). The van der Waals surface area contributed by atoms with Crippen molar-refractivity contribution in [2.75, 3.05) is 27.3 Å². The first-order valence-electron chi connectivity index (χ1n) is 7.96. The third-order valence-corrected chi connectivity index (χ3v) is 4.51. The van der Waals surface area contributed by atoms with Crippen LogP contribution >= 0.6 is 0 Å². The highest BCUT2D eigenvalue weighted by molar-refractivity contribution is 5.98. The zero-order valence-electron chi connectivity index (χ0n) is 13.9. The number of rotatable bonds is 4. The van der Waals surface area contributed by atoms with Crippen LogP contribution < -0.4 is 15.2 Å².